The summed E-state index contributed by atoms with van der Waals surface area (Å²) in [5.41, 5.74) is 0.711. The molecule has 1 aromatic carbocycles. The number of methoxy groups -OCH3 is 1. The smallest absolute Gasteiger partial charge is 0.219 e. The summed E-state index contributed by atoms with van der Waals surface area (Å²) in [6.45, 7) is 7.89. The fraction of sp³-hybridized carbons (Fsp3) is 0.682. The van der Waals surface area contributed by atoms with E-state index in [4.69, 9.17) is 14.2 Å². The zero-order valence-corrected chi connectivity index (χ0v) is 17.1. The summed E-state index contributed by atoms with van der Waals surface area (Å²) < 4.78 is 17.6. The Morgan fingerprint density at radius 3 is 2.96 bits per heavy atom. The van der Waals surface area contributed by atoms with Gasteiger partial charge in [0.1, 0.15) is 17.1 Å². The molecule has 2 atom stereocenters. The highest BCUT2D eigenvalue weighted by Gasteiger charge is 2.40. The van der Waals surface area contributed by atoms with Crippen LogP contribution in [0.5, 0.6) is 11.5 Å². The van der Waals surface area contributed by atoms with E-state index in [9.17, 15) is 4.79 Å². The predicted octanol–water partition coefficient (Wildman–Crippen LogP) is 2.70. The van der Waals surface area contributed by atoms with Crippen LogP contribution in [0.2, 0.25) is 0 Å². The van der Waals surface area contributed by atoms with Gasteiger partial charge in [-0.15, -0.1) is 0 Å². The van der Waals surface area contributed by atoms with Gasteiger partial charge in [0, 0.05) is 45.1 Å². The van der Waals surface area contributed by atoms with Crippen LogP contribution >= 0.6 is 0 Å². The van der Waals surface area contributed by atoms with Crippen LogP contribution in [0.3, 0.4) is 0 Å². The average Bonchev–Trinajstić information content (AvgIpc) is 3.04. The average molecular weight is 389 g/mol. The van der Waals surface area contributed by atoms with Crippen molar-refractivity contribution in [3.05, 3.63) is 23.8 Å². The summed E-state index contributed by atoms with van der Waals surface area (Å²) >= 11 is 0. The van der Waals surface area contributed by atoms with Crippen LogP contribution in [0.1, 0.15) is 38.2 Å². The number of nitrogens with zero attached hydrogens (tertiary/aromatic N) is 2. The minimum absolute atomic E-state index is 0.0999. The first-order valence-electron chi connectivity index (χ1n) is 10.5. The van der Waals surface area contributed by atoms with Gasteiger partial charge in [-0.05, 0) is 49.9 Å². The molecule has 0 aliphatic carbocycles. The van der Waals surface area contributed by atoms with E-state index >= 15 is 0 Å². The molecule has 0 radical (unpaired) electrons. The Hall–Kier alpha value is -1.79. The predicted molar refractivity (Wildman–Crippen MR) is 107 cm³/mol. The topological polar surface area (TPSA) is 51.2 Å². The fourth-order valence-corrected chi connectivity index (χ4v) is 4.76. The van der Waals surface area contributed by atoms with Crippen LogP contribution in [0.15, 0.2) is 18.2 Å². The molecule has 1 amide bonds. The van der Waals surface area contributed by atoms with E-state index in [1.54, 1.807) is 14.0 Å². The number of rotatable bonds is 3. The third-order valence-electron chi connectivity index (χ3n) is 6.41. The van der Waals surface area contributed by atoms with Crippen molar-refractivity contribution in [3.63, 3.8) is 0 Å². The van der Waals surface area contributed by atoms with Crippen LogP contribution in [-0.4, -0.2) is 67.8 Å². The standard InChI is InChI=1S/C22H32N2O4/c1-17(25)24-14-19-12-20(26-2)4-5-21(19)28-22(16-24)7-3-9-23(10-8-22)13-18-6-11-27-15-18/h4-5,12,18H,3,6-11,13-16H2,1-2H3. The summed E-state index contributed by atoms with van der Waals surface area (Å²) in [5, 5.41) is 0. The van der Waals surface area contributed by atoms with E-state index in [1.165, 1.54) is 6.42 Å². The lowest BCUT2D eigenvalue weighted by Gasteiger charge is -2.35. The first kappa shape index (κ1) is 19.5. The third kappa shape index (κ3) is 4.28. The minimum Gasteiger partial charge on any atom is -0.497 e. The highest BCUT2D eigenvalue weighted by Crippen LogP contribution is 2.37. The molecule has 3 heterocycles. The highest BCUT2D eigenvalue weighted by atomic mass is 16.5. The van der Waals surface area contributed by atoms with E-state index in [1.807, 2.05) is 23.1 Å². The van der Waals surface area contributed by atoms with Gasteiger partial charge in [-0.2, -0.15) is 0 Å². The van der Waals surface area contributed by atoms with E-state index < -0.39 is 0 Å². The maximum absolute atomic E-state index is 12.3. The van der Waals surface area contributed by atoms with Crippen molar-refractivity contribution in [2.45, 2.75) is 44.8 Å². The summed E-state index contributed by atoms with van der Waals surface area (Å²) in [4.78, 5) is 16.8. The number of carbonyl (C=O) groups is 1. The largest absolute Gasteiger partial charge is 0.497 e. The molecule has 6 heteroatoms. The molecule has 1 spiro atoms. The molecule has 4 rings (SSSR count). The Balaban J connectivity index is 1.53. The molecule has 2 fully saturated rings. The molecule has 28 heavy (non-hydrogen) atoms. The molecule has 154 valence electrons. The van der Waals surface area contributed by atoms with E-state index in [2.05, 4.69) is 4.90 Å². The number of fused-ring (bicyclic) bond motifs is 1. The first-order chi connectivity index (χ1) is 13.6. The Morgan fingerprint density at radius 2 is 2.21 bits per heavy atom. The van der Waals surface area contributed by atoms with Gasteiger partial charge in [-0.25, -0.2) is 0 Å². The van der Waals surface area contributed by atoms with Crippen molar-refractivity contribution < 1.29 is 19.0 Å². The SMILES string of the molecule is COc1ccc2c(c1)CN(C(C)=O)CC1(CCCN(CC3CCOC3)CC1)O2. The van der Waals surface area contributed by atoms with Crippen LogP contribution < -0.4 is 9.47 Å². The van der Waals surface area contributed by atoms with E-state index in [0.29, 0.717) is 19.0 Å². The van der Waals surface area contributed by atoms with Crippen LogP contribution in [0, 0.1) is 5.92 Å². The van der Waals surface area contributed by atoms with Crippen molar-refractivity contribution >= 4 is 5.91 Å². The second kappa shape index (κ2) is 8.29. The number of hydrogen-bond acceptors (Lipinski definition) is 5. The lowest BCUT2D eigenvalue weighted by Crippen LogP contribution is -2.47. The Morgan fingerprint density at radius 1 is 1.32 bits per heavy atom. The van der Waals surface area contributed by atoms with Gasteiger partial charge >= 0.3 is 0 Å². The van der Waals surface area contributed by atoms with E-state index in [0.717, 1.165) is 69.2 Å². The molecule has 0 bridgehead atoms. The number of amides is 1. The Bertz CT molecular complexity index is 704. The van der Waals surface area contributed by atoms with Crippen molar-refractivity contribution in [1.82, 2.24) is 9.80 Å². The molecule has 0 aromatic heterocycles. The van der Waals surface area contributed by atoms with Crippen LogP contribution in [0.4, 0.5) is 0 Å². The van der Waals surface area contributed by atoms with Gasteiger partial charge in [0.05, 0.1) is 20.3 Å². The summed E-state index contributed by atoms with van der Waals surface area (Å²) in [7, 11) is 1.67. The van der Waals surface area contributed by atoms with Gasteiger partial charge in [0.15, 0.2) is 0 Å². The van der Waals surface area contributed by atoms with Crippen molar-refractivity contribution in [2.75, 3.05) is 46.5 Å². The molecule has 2 unspecified atom stereocenters. The first-order valence-corrected chi connectivity index (χ1v) is 10.5. The molecule has 3 aliphatic rings. The van der Waals surface area contributed by atoms with Gasteiger partial charge in [0.25, 0.3) is 0 Å². The van der Waals surface area contributed by atoms with Gasteiger partial charge in [-0.1, -0.05) is 0 Å². The summed E-state index contributed by atoms with van der Waals surface area (Å²) in [6, 6.07) is 5.94. The maximum Gasteiger partial charge on any atom is 0.219 e. The third-order valence-corrected chi connectivity index (χ3v) is 6.41. The zero-order valence-electron chi connectivity index (χ0n) is 17.1. The molecule has 3 aliphatic heterocycles. The number of carbonyl (C=O) groups excluding carboxylic acids is 1. The monoisotopic (exact) mass is 388 g/mol. The van der Waals surface area contributed by atoms with Gasteiger partial charge < -0.3 is 24.0 Å². The minimum atomic E-state index is -0.313. The quantitative estimate of drug-likeness (QED) is 0.797. The number of likely N-dealkylation sites (tertiary alicyclic amines) is 1. The molecule has 6 nitrogen and oxygen atoms in total. The van der Waals surface area contributed by atoms with Crippen LogP contribution in [-0.2, 0) is 16.1 Å². The summed E-state index contributed by atoms with van der Waals surface area (Å²) in [5.74, 6) is 2.45. The molecule has 0 N–H and O–H groups in total. The molecule has 1 aromatic rings. The number of hydrogen-bond donors (Lipinski definition) is 0. The van der Waals surface area contributed by atoms with Gasteiger partial charge in [0.2, 0.25) is 5.91 Å². The number of ether oxygens (including phenoxy) is 3. The molecule has 0 saturated carbocycles. The normalized spacial score (nSPS) is 28.4. The van der Waals surface area contributed by atoms with Crippen LogP contribution in [0.25, 0.3) is 0 Å². The Kier molecular flexibility index (Phi) is 5.78. The highest BCUT2D eigenvalue weighted by molar-refractivity contribution is 5.73. The Labute approximate surface area is 167 Å². The van der Waals surface area contributed by atoms with Crippen molar-refractivity contribution in [2.24, 2.45) is 5.92 Å². The van der Waals surface area contributed by atoms with Crippen molar-refractivity contribution in [3.8, 4) is 11.5 Å². The molecular weight excluding hydrogens is 356 g/mol. The molecule has 2 saturated heterocycles. The fourth-order valence-electron chi connectivity index (χ4n) is 4.76. The lowest BCUT2D eigenvalue weighted by molar-refractivity contribution is -0.132. The van der Waals surface area contributed by atoms with E-state index in [-0.39, 0.29) is 11.5 Å². The maximum atomic E-state index is 12.3. The molecular formula is C22H32N2O4. The number of benzene rings is 1. The van der Waals surface area contributed by atoms with Gasteiger partial charge in [-0.3, -0.25) is 4.79 Å². The van der Waals surface area contributed by atoms with Crippen molar-refractivity contribution in [1.29, 1.82) is 0 Å². The lowest BCUT2D eigenvalue weighted by atomic mass is 9.93. The summed E-state index contributed by atoms with van der Waals surface area (Å²) in [6.07, 6.45) is 4.17. The zero-order chi connectivity index (χ0) is 19.6. The second-order valence-electron chi connectivity index (χ2n) is 8.52. The second-order valence-corrected chi connectivity index (χ2v) is 8.52.